The minimum absolute atomic E-state index is 0.0798. The van der Waals surface area contributed by atoms with Crippen molar-refractivity contribution in [3.8, 4) is 0 Å². The van der Waals surface area contributed by atoms with Crippen molar-refractivity contribution < 1.29 is 9.59 Å². The largest absolute Gasteiger partial charge is 0.397 e. The van der Waals surface area contributed by atoms with Gasteiger partial charge < -0.3 is 22.1 Å². The van der Waals surface area contributed by atoms with Crippen LogP contribution in [0.2, 0.25) is 0 Å². The van der Waals surface area contributed by atoms with Crippen molar-refractivity contribution in [2.24, 2.45) is 5.73 Å². The lowest BCUT2D eigenvalue weighted by Gasteiger charge is -2.10. The average molecular weight is 236 g/mol. The Labute approximate surface area is 99.4 Å². The van der Waals surface area contributed by atoms with E-state index < -0.39 is 5.91 Å². The maximum atomic E-state index is 10.9. The van der Waals surface area contributed by atoms with Gasteiger partial charge in [0.15, 0.2) is 0 Å². The summed E-state index contributed by atoms with van der Waals surface area (Å²) in [4.78, 5) is 21.5. The second kappa shape index (κ2) is 5.74. The standard InChI is InChI=1S/C11H16N4O2/c1-7(16)14-4-5-15-10-3-2-8(11(13)17)6-9(10)12/h2-3,6,15H,4-5,12H2,1H3,(H2,13,17)(H,14,16). The molecule has 92 valence electrons. The van der Waals surface area contributed by atoms with E-state index in [4.69, 9.17) is 11.5 Å². The van der Waals surface area contributed by atoms with Gasteiger partial charge in [0.1, 0.15) is 0 Å². The van der Waals surface area contributed by atoms with E-state index in [1.54, 1.807) is 12.1 Å². The molecule has 6 heteroatoms. The lowest BCUT2D eigenvalue weighted by Crippen LogP contribution is -2.26. The van der Waals surface area contributed by atoms with Crippen LogP contribution in [0.4, 0.5) is 11.4 Å². The number of carbonyl (C=O) groups is 2. The third kappa shape index (κ3) is 4.02. The van der Waals surface area contributed by atoms with Crippen molar-refractivity contribution in [3.05, 3.63) is 23.8 Å². The Hall–Kier alpha value is -2.24. The topological polar surface area (TPSA) is 110 Å². The van der Waals surface area contributed by atoms with Gasteiger partial charge in [-0.25, -0.2) is 0 Å². The molecule has 0 atom stereocenters. The van der Waals surface area contributed by atoms with E-state index >= 15 is 0 Å². The molecule has 0 unspecified atom stereocenters. The van der Waals surface area contributed by atoms with Gasteiger partial charge in [-0.3, -0.25) is 9.59 Å². The summed E-state index contributed by atoms with van der Waals surface area (Å²) < 4.78 is 0. The predicted molar refractivity (Wildman–Crippen MR) is 66.5 cm³/mol. The van der Waals surface area contributed by atoms with Gasteiger partial charge in [-0.15, -0.1) is 0 Å². The molecule has 1 aromatic carbocycles. The van der Waals surface area contributed by atoms with Crippen LogP contribution in [-0.4, -0.2) is 24.9 Å². The molecular weight excluding hydrogens is 220 g/mol. The highest BCUT2D eigenvalue weighted by atomic mass is 16.1. The van der Waals surface area contributed by atoms with E-state index in [0.29, 0.717) is 30.0 Å². The first-order valence-electron chi connectivity index (χ1n) is 5.18. The second-order valence-corrected chi connectivity index (χ2v) is 3.58. The number of primary amides is 1. The maximum absolute atomic E-state index is 10.9. The Kier molecular flexibility index (Phi) is 4.33. The van der Waals surface area contributed by atoms with E-state index in [9.17, 15) is 9.59 Å². The van der Waals surface area contributed by atoms with Gasteiger partial charge in [0, 0.05) is 25.6 Å². The number of rotatable bonds is 5. The highest BCUT2D eigenvalue weighted by molar-refractivity contribution is 5.94. The molecule has 1 aromatic rings. The van der Waals surface area contributed by atoms with E-state index in [-0.39, 0.29) is 5.91 Å². The number of anilines is 2. The molecule has 0 aliphatic rings. The quantitative estimate of drug-likeness (QED) is 0.423. The molecule has 0 bridgehead atoms. The summed E-state index contributed by atoms with van der Waals surface area (Å²) in [5, 5.41) is 5.69. The molecule has 0 spiro atoms. The van der Waals surface area contributed by atoms with E-state index in [0.717, 1.165) is 0 Å². The molecule has 0 aliphatic heterocycles. The molecule has 0 fully saturated rings. The van der Waals surface area contributed by atoms with Crippen molar-refractivity contribution in [2.45, 2.75) is 6.92 Å². The summed E-state index contributed by atoms with van der Waals surface area (Å²) in [6, 6.07) is 4.80. The zero-order valence-electron chi connectivity index (χ0n) is 9.62. The number of hydrogen-bond donors (Lipinski definition) is 4. The minimum Gasteiger partial charge on any atom is -0.397 e. The smallest absolute Gasteiger partial charge is 0.248 e. The summed E-state index contributed by atoms with van der Waals surface area (Å²) in [6.07, 6.45) is 0. The average Bonchev–Trinajstić information content (AvgIpc) is 2.25. The Morgan fingerprint density at radius 2 is 2.00 bits per heavy atom. The first-order valence-corrected chi connectivity index (χ1v) is 5.18. The first kappa shape index (κ1) is 12.8. The normalized spacial score (nSPS) is 9.71. The number of amides is 2. The number of nitrogen functional groups attached to an aromatic ring is 1. The zero-order valence-corrected chi connectivity index (χ0v) is 9.62. The number of carbonyl (C=O) groups excluding carboxylic acids is 2. The summed E-state index contributed by atoms with van der Waals surface area (Å²) in [5.41, 5.74) is 12.4. The molecule has 0 heterocycles. The van der Waals surface area contributed by atoms with E-state index in [2.05, 4.69) is 10.6 Å². The maximum Gasteiger partial charge on any atom is 0.248 e. The van der Waals surface area contributed by atoms with Crippen LogP contribution in [0.3, 0.4) is 0 Å². The van der Waals surface area contributed by atoms with Crippen LogP contribution in [0.15, 0.2) is 18.2 Å². The zero-order chi connectivity index (χ0) is 12.8. The van der Waals surface area contributed by atoms with Gasteiger partial charge >= 0.3 is 0 Å². The molecule has 0 radical (unpaired) electrons. The third-order valence-corrected chi connectivity index (χ3v) is 2.15. The third-order valence-electron chi connectivity index (χ3n) is 2.15. The number of nitrogens with two attached hydrogens (primary N) is 2. The molecular formula is C11H16N4O2. The van der Waals surface area contributed by atoms with Gasteiger partial charge in [-0.1, -0.05) is 0 Å². The Balaban J connectivity index is 2.54. The Bertz CT molecular complexity index is 431. The summed E-state index contributed by atoms with van der Waals surface area (Å²) in [7, 11) is 0. The highest BCUT2D eigenvalue weighted by Crippen LogP contribution is 2.19. The monoisotopic (exact) mass is 236 g/mol. The molecule has 0 saturated carbocycles. The first-order chi connectivity index (χ1) is 8.00. The Morgan fingerprint density at radius 3 is 2.53 bits per heavy atom. The van der Waals surface area contributed by atoms with Crippen molar-refractivity contribution in [1.29, 1.82) is 0 Å². The van der Waals surface area contributed by atoms with Gasteiger partial charge in [0.2, 0.25) is 11.8 Å². The molecule has 0 aliphatic carbocycles. The van der Waals surface area contributed by atoms with Crippen molar-refractivity contribution >= 4 is 23.2 Å². The van der Waals surface area contributed by atoms with Crippen LogP contribution in [0, 0.1) is 0 Å². The van der Waals surface area contributed by atoms with Crippen LogP contribution < -0.4 is 22.1 Å². The van der Waals surface area contributed by atoms with Gasteiger partial charge in [-0.2, -0.15) is 0 Å². The number of benzene rings is 1. The molecule has 0 saturated heterocycles. The summed E-state index contributed by atoms with van der Waals surface area (Å²) >= 11 is 0. The van der Waals surface area contributed by atoms with Crippen LogP contribution in [-0.2, 0) is 4.79 Å². The highest BCUT2D eigenvalue weighted by Gasteiger charge is 2.04. The van der Waals surface area contributed by atoms with Gasteiger partial charge in [0.05, 0.1) is 11.4 Å². The summed E-state index contributed by atoms with van der Waals surface area (Å²) in [6.45, 7) is 2.52. The van der Waals surface area contributed by atoms with E-state index in [1.165, 1.54) is 13.0 Å². The van der Waals surface area contributed by atoms with Gasteiger partial charge in [-0.05, 0) is 18.2 Å². The second-order valence-electron chi connectivity index (χ2n) is 3.58. The minimum atomic E-state index is -0.513. The molecule has 2 amide bonds. The molecule has 6 nitrogen and oxygen atoms in total. The summed E-state index contributed by atoms with van der Waals surface area (Å²) in [5.74, 6) is -0.592. The fourth-order valence-electron chi connectivity index (χ4n) is 1.31. The lowest BCUT2D eigenvalue weighted by atomic mass is 10.1. The lowest BCUT2D eigenvalue weighted by molar-refractivity contribution is -0.118. The fourth-order valence-corrected chi connectivity index (χ4v) is 1.31. The van der Waals surface area contributed by atoms with E-state index in [1.807, 2.05) is 0 Å². The van der Waals surface area contributed by atoms with Crippen LogP contribution >= 0.6 is 0 Å². The number of nitrogens with one attached hydrogen (secondary N) is 2. The fraction of sp³-hybridized carbons (Fsp3) is 0.273. The predicted octanol–water partition coefficient (Wildman–Crippen LogP) is -0.0843. The Morgan fingerprint density at radius 1 is 1.29 bits per heavy atom. The van der Waals surface area contributed by atoms with Gasteiger partial charge in [0.25, 0.3) is 0 Å². The molecule has 6 N–H and O–H groups in total. The molecule has 1 rings (SSSR count). The van der Waals surface area contributed by atoms with Crippen LogP contribution in [0.5, 0.6) is 0 Å². The van der Waals surface area contributed by atoms with Crippen LogP contribution in [0.25, 0.3) is 0 Å². The van der Waals surface area contributed by atoms with Crippen molar-refractivity contribution in [1.82, 2.24) is 5.32 Å². The molecule has 0 aromatic heterocycles. The number of hydrogen-bond acceptors (Lipinski definition) is 4. The van der Waals surface area contributed by atoms with Crippen LogP contribution in [0.1, 0.15) is 17.3 Å². The molecule has 17 heavy (non-hydrogen) atoms. The van der Waals surface area contributed by atoms with Crippen molar-refractivity contribution in [3.63, 3.8) is 0 Å². The van der Waals surface area contributed by atoms with Crippen molar-refractivity contribution in [2.75, 3.05) is 24.1 Å². The SMILES string of the molecule is CC(=O)NCCNc1ccc(C(N)=O)cc1N.